The van der Waals surface area contributed by atoms with Crippen LogP contribution in [0.25, 0.3) is 0 Å². The van der Waals surface area contributed by atoms with Gasteiger partial charge in [-0.3, -0.25) is 9.88 Å². The molecule has 2 saturated heterocycles. The second kappa shape index (κ2) is 5.10. The molecule has 2 aliphatic heterocycles. The van der Waals surface area contributed by atoms with Gasteiger partial charge in [-0.25, -0.2) is 0 Å². The lowest BCUT2D eigenvalue weighted by molar-refractivity contribution is 0.112. The zero-order valence-corrected chi connectivity index (χ0v) is 11.7. The molecule has 0 bridgehead atoms. The number of nitrogens with zero attached hydrogens (tertiary/aromatic N) is 3. The first-order valence-electron chi connectivity index (χ1n) is 7.21. The van der Waals surface area contributed by atoms with E-state index in [1.165, 1.54) is 32.4 Å². The largest absolute Gasteiger partial charge is 0.506 e. The molecule has 19 heavy (non-hydrogen) atoms. The molecule has 4 heteroatoms. The number of aromatic hydroxyl groups is 1. The fourth-order valence-corrected chi connectivity index (χ4v) is 3.71. The van der Waals surface area contributed by atoms with Crippen LogP contribution in [0.4, 0.5) is 0 Å². The Morgan fingerprint density at radius 2 is 2.21 bits per heavy atom. The highest BCUT2D eigenvalue weighted by Gasteiger charge is 2.40. The Balaban J connectivity index is 1.64. The standard InChI is InChI=1S/C15H23N3O/c1-17-8-3-5-15(11-17)6-9-18(12-15)10-13-14(19)4-2-7-16-13/h2,4,7,19H,3,5-6,8-12H2,1H3. The summed E-state index contributed by atoms with van der Waals surface area (Å²) < 4.78 is 0. The quantitative estimate of drug-likeness (QED) is 0.879. The number of piperidine rings is 1. The summed E-state index contributed by atoms with van der Waals surface area (Å²) in [7, 11) is 2.23. The Bertz CT molecular complexity index is 451. The molecule has 0 radical (unpaired) electrons. The van der Waals surface area contributed by atoms with Crippen LogP contribution in [0.1, 0.15) is 25.0 Å². The number of pyridine rings is 1. The highest BCUT2D eigenvalue weighted by Crippen LogP contribution is 2.39. The van der Waals surface area contributed by atoms with Crippen molar-refractivity contribution in [3.05, 3.63) is 24.0 Å². The molecule has 0 aromatic carbocycles. The van der Waals surface area contributed by atoms with Crippen LogP contribution in [0.5, 0.6) is 5.75 Å². The van der Waals surface area contributed by atoms with Crippen LogP contribution in [0.3, 0.4) is 0 Å². The number of hydrogen-bond acceptors (Lipinski definition) is 4. The van der Waals surface area contributed by atoms with Crippen molar-refractivity contribution >= 4 is 0 Å². The van der Waals surface area contributed by atoms with Gasteiger partial charge < -0.3 is 10.0 Å². The average Bonchev–Trinajstić information content (AvgIpc) is 2.75. The van der Waals surface area contributed by atoms with Crippen LogP contribution >= 0.6 is 0 Å². The highest BCUT2D eigenvalue weighted by atomic mass is 16.3. The van der Waals surface area contributed by atoms with Gasteiger partial charge in [-0.1, -0.05) is 0 Å². The molecule has 4 nitrogen and oxygen atoms in total. The van der Waals surface area contributed by atoms with Crippen molar-refractivity contribution < 1.29 is 5.11 Å². The SMILES string of the molecule is CN1CCCC2(CCN(Cc3ncccc3O)C2)C1. The molecule has 104 valence electrons. The fourth-order valence-electron chi connectivity index (χ4n) is 3.71. The monoisotopic (exact) mass is 261 g/mol. The first-order chi connectivity index (χ1) is 9.17. The van der Waals surface area contributed by atoms with Crippen LogP contribution in [0.2, 0.25) is 0 Å². The van der Waals surface area contributed by atoms with Crippen LogP contribution < -0.4 is 0 Å². The minimum atomic E-state index is 0.323. The smallest absolute Gasteiger partial charge is 0.138 e. The van der Waals surface area contributed by atoms with Crippen LogP contribution in [-0.2, 0) is 6.54 Å². The zero-order valence-electron chi connectivity index (χ0n) is 11.7. The van der Waals surface area contributed by atoms with Crippen molar-refractivity contribution in [2.24, 2.45) is 5.41 Å². The summed E-state index contributed by atoms with van der Waals surface area (Å²) >= 11 is 0. The molecule has 0 saturated carbocycles. The van der Waals surface area contributed by atoms with E-state index in [-0.39, 0.29) is 0 Å². The fraction of sp³-hybridized carbons (Fsp3) is 0.667. The first-order valence-corrected chi connectivity index (χ1v) is 7.21. The lowest BCUT2D eigenvalue weighted by Gasteiger charge is -2.38. The predicted octanol–water partition coefficient (Wildman–Crippen LogP) is 1.70. The molecule has 1 unspecified atom stereocenters. The van der Waals surface area contributed by atoms with E-state index >= 15 is 0 Å². The molecule has 3 rings (SSSR count). The molecular weight excluding hydrogens is 238 g/mol. The predicted molar refractivity (Wildman–Crippen MR) is 75.0 cm³/mol. The zero-order chi connectivity index (χ0) is 13.3. The Morgan fingerprint density at radius 3 is 3.00 bits per heavy atom. The molecule has 3 heterocycles. The van der Waals surface area contributed by atoms with Gasteiger partial charge in [0, 0.05) is 25.8 Å². The molecule has 1 atom stereocenters. The van der Waals surface area contributed by atoms with E-state index in [0.29, 0.717) is 11.2 Å². The lowest BCUT2D eigenvalue weighted by Crippen LogP contribution is -2.42. The maximum atomic E-state index is 9.82. The normalized spacial score (nSPS) is 29.1. The second-order valence-electron chi connectivity index (χ2n) is 6.27. The molecule has 1 aromatic heterocycles. The van der Waals surface area contributed by atoms with Crippen molar-refractivity contribution in [3.8, 4) is 5.75 Å². The highest BCUT2D eigenvalue weighted by molar-refractivity contribution is 5.24. The molecule has 1 N–H and O–H groups in total. The van der Waals surface area contributed by atoms with E-state index in [9.17, 15) is 5.11 Å². The number of aromatic nitrogens is 1. The van der Waals surface area contributed by atoms with Gasteiger partial charge in [0.2, 0.25) is 0 Å². The molecule has 1 spiro atoms. The molecule has 0 amide bonds. The third-order valence-electron chi connectivity index (χ3n) is 4.61. The topological polar surface area (TPSA) is 39.6 Å². The van der Waals surface area contributed by atoms with Gasteiger partial charge >= 0.3 is 0 Å². The summed E-state index contributed by atoms with van der Waals surface area (Å²) in [5.74, 6) is 0.323. The Morgan fingerprint density at radius 1 is 1.32 bits per heavy atom. The van der Waals surface area contributed by atoms with Crippen LogP contribution in [-0.4, -0.2) is 53.1 Å². The minimum absolute atomic E-state index is 0.323. The number of hydrogen-bond donors (Lipinski definition) is 1. The van der Waals surface area contributed by atoms with E-state index in [4.69, 9.17) is 0 Å². The van der Waals surface area contributed by atoms with Gasteiger partial charge in [-0.2, -0.15) is 0 Å². The van der Waals surface area contributed by atoms with Crippen molar-refractivity contribution in [2.45, 2.75) is 25.8 Å². The van der Waals surface area contributed by atoms with E-state index in [1.807, 2.05) is 0 Å². The Hall–Kier alpha value is -1.13. The summed E-state index contributed by atoms with van der Waals surface area (Å²) in [4.78, 5) is 9.20. The first kappa shape index (κ1) is 12.9. The lowest BCUT2D eigenvalue weighted by atomic mass is 9.79. The van der Waals surface area contributed by atoms with Crippen LogP contribution in [0.15, 0.2) is 18.3 Å². The van der Waals surface area contributed by atoms with Gasteiger partial charge in [-0.15, -0.1) is 0 Å². The van der Waals surface area contributed by atoms with E-state index in [2.05, 4.69) is 21.8 Å². The molecule has 0 aliphatic carbocycles. The number of likely N-dealkylation sites (tertiary alicyclic amines) is 2. The minimum Gasteiger partial charge on any atom is -0.506 e. The van der Waals surface area contributed by atoms with Gasteiger partial charge in [0.05, 0.1) is 5.69 Å². The van der Waals surface area contributed by atoms with E-state index < -0.39 is 0 Å². The van der Waals surface area contributed by atoms with E-state index in [0.717, 1.165) is 25.3 Å². The summed E-state index contributed by atoms with van der Waals surface area (Å²) in [5, 5.41) is 9.82. The van der Waals surface area contributed by atoms with Crippen molar-refractivity contribution in [1.29, 1.82) is 0 Å². The van der Waals surface area contributed by atoms with Crippen LogP contribution in [0, 0.1) is 5.41 Å². The summed E-state index contributed by atoms with van der Waals surface area (Å²) in [6, 6.07) is 3.50. The summed E-state index contributed by atoms with van der Waals surface area (Å²) in [6.07, 6.45) is 5.71. The Labute approximate surface area is 115 Å². The number of rotatable bonds is 2. The average molecular weight is 261 g/mol. The third kappa shape index (κ3) is 2.74. The van der Waals surface area contributed by atoms with Gasteiger partial charge in [-0.05, 0) is 56.9 Å². The van der Waals surface area contributed by atoms with E-state index in [1.54, 1.807) is 18.3 Å². The second-order valence-corrected chi connectivity index (χ2v) is 6.27. The van der Waals surface area contributed by atoms with Crippen molar-refractivity contribution in [1.82, 2.24) is 14.8 Å². The van der Waals surface area contributed by atoms with Gasteiger partial charge in [0.25, 0.3) is 0 Å². The van der Waals surface area contributed by atoms with Crippen molar-refractivity contribution in [2.75, 3.05) is 33.2 Å². The maximum absolute atomic E-state index is 9.82. The molecule has 2 aliphatic rings. The van der Waals surface area contributed by atoms with Gasteiger partial charge in [0.1, 0.15) is 5.75 Å². The summed E-state index contributed by atoms with van der Waals surface area (Å²) in [6.45, 7) is 5.51. The molecular formula is C15H23N3O. The Kier molecular flexibility index (Phi) is 3.46. The molecule has 1 aromatic rings. The molecule has 2 fully saturated rings. The maximum Gasteiger partial charge on any atom is 0.138 e. The van der Waals surface area contributed by atoms with Gasteiger partial charge in [0.15, 0.2) is 0 Å². The van der Waals surface area contributed by atoms with Crippen molar-refractivity contribution in [3.63, 3.8) is 0 Å². The summed E-state index contributed by atoms with van der Waals surface area (Å²) in [5.41, 5.74) is 1.29. The third-order valence-corrected chi connectivity index (χ3v) is 4.61.